The second kappa shape index (κ2) is 11.6. The number of carbonyl (C=O) groups excluding carboxylic acids is 2. The second-order valence-corrected chi connectivity index (χ2v) is 11.0. The second-order valence-electron chi connectivity index (χ2n) is 10.1. The summed E-state index contributed by atoms with van der Waals surface area (Å²) in [4.78, 5) is 27.3. The molecule has 0 saturated carbocycles. The van der Waals surface area contributed by atoms with Gasteiger partial charge in [-0.25, -0.2) is 0 Å². The number of hydrogen-bond donors (Lipinski definition) is 2. The SMILES string of the molecule is C=C1NC2=C(C(=O)CC(c3ccc(OC)cc3)C2)C(c2cc(Br)c(O)c(OCC)c2)C1C(=O)OCC(C)C. The minimum atomic E-state index is -0.820. The molecule has 2 N–H and O–H groups in total. The van der Waals surface area contributed by atoms with E-state index in [1.165, 1.54) is 0 Å². The van der Waals surface area contributed by atoms with Gasteiger partial charge in [-0.1, -0.05) is 32.6 Å². The Kier molecular flexibility index (Phi) is 8.51. The summed E-state index contributed by atoms with van der Waals surface area (Å²) in [6.07, 6.45) is 0.898. The van der Waals surface area contributed by atoms with Crippen molar-refractivity contribution in [2.24, 2.45) is 11.8 Å². The summed E-state index contributed by atoms with van der Waals surface area (Å²) in [7, 11) is 1.62. The van der Waals surface area contributed by atoms with Gasteiger partial charge in [0.2, 0.25) is 0 Å². The molecular formula is C30H34BrNO6. The number of aromatic hydroxyl groups is 1. The zero-order valence-electron chi connectivity index (χ0n) is 22.2. The Labute approximate surface area is 232 Å². The van der Waals surface area contributed by atoms with E-state index >= 15 is 0 Å². The molecule has 0 bridgehead atoms. The Balaban J connectivity index is 1.80. The molecule has 8 heteroatoms. The van der Waals surface area contributed by atoms with Gasteiger partial charge in [-0.05, 0) is 76.5 Å². The van der Waals surface area contributed by atoms with Crippen molar-refractivity contribution in [1.29, 1.82) is 0 Å². The molecule has 0 saturated heterocycles. The van der Waals surface area contributed by atoms with E-state index in [0.29, 0.717) is 40.8 Å². The van der Waals surface area contributed by atoms with E-state index in [9.17, 15) is 14.7 Å². The number of hydrogen-bond acceptors (Lipinski definition) is 7. The minimum Gasteiger partial charge on any atom is -0.503 e. The summed E-state index contributed by atoms with van der Waals surface area (Å²) in [5.41, 5.74) is 3.49. The summed E-state index contributed by atoms with van der Waals surface area (Å²) < 4.78 is 17.0. The van der Waals surface area contributed by atoms with Crippen LogP contribution in [0.4, 0.5) is 0 Å². The molecule has 2 aliphatic rings. The van der Waals surface area contributed by atoms with Crippen LogP contribution in [0.25, 0.3) is 0 Å². The van der Waals surface area contributed by atoms with Crippen LogP contribution in [0, 0.1) is 11.8 Å². The van der Waals surface area contributed by atoms with E-state index in [-0.39, 0.29) is 35.7 Å². The maximum atomic E-state index is 13.8. The van der Waals surface area contributed by atoms with Crippen molar-refractivity contribution in [3.8, 4) is 17.2 Å². The van der Waals surface area contributed by atoms with Crippen molar-refractivity contribution in [2.75, 3.05) is 20.3 Å². The minimum absolute atomic E-state index is 0.0249. The number of nitrogens with one attached hydrogen (secondary N) is 1. The van der Waals surface area contributed by atoms with Gasteiger partial charge in [-0.2, -0.15) is 0 Å². The van der Waals surface area contributed by atoms with Crippen LogP contribution in [-0.4, -0.2) is 37.2 Å². The number of Topliss-reactive ketones (excluding diaryl/α,β-unsaturated/α-hetero) is 1. The highest BCUT2D eigenvalue weighted by molar-refractivity contribution is 9.10. The van der Waals surface area contributed by atoms with E-state index in [1.807, 2.05) is 45.0 Å². The smallest absolute Gasteiger partial charge is 0.315 e. The van der Waals surface area contributed by atoms with Gasteiger partial charge in [0.05, 0.1) is 24.8 Å². The molecule has 202 valence electrons. The number of halogens is 1. The Morgan fingerprint density at radius 1 is 1.18 bits per heavy atom. The van der Waals surface area contributed by atoms with Gasteiger partial charge in [-0.15, -0.1) is 0 Å². The number of phenols is 1. The number of rotatable bonds is 8. The van der Waals surface area contributed by atoms with Crippen molar-refractivity contribution in [3.05, 3.63) is 75.5 Å². The van der Waals surface area contributed by atoms with E-state index in [1.54, 1.807) is 19.2 Å². The van der Waals surface area contributed by atoms with Crippen molar-refractivity contribution < 1.29 is 28.9 Å². The highest BCUT2D eigenvalue weighted by atomic mass is 79.9. The predicted molar refractivity (Wildman–Crippen MR) is 148 cm³/mol. The molecule has 2 aromatic rings. The largest absolute Gasteiger partial charge is 0.503 e. The lowest BCUT2D eigenvalue weighted by Gasteiger charge is -2.40. The van der Waals surface area contributed by atoms with Crippen LogP contribution in [0.2, 0.25) is 0 Å². The van der Waals surface area contributed by atoms with Gasteiger partial charge in [0, 0.05) is 29.3 Å². The quantitative estimate of drug-likeness (QED) is 0.369. The molecule has 1 heterocycles. The summed E-state index contributed by atoms with van der Waals surface area (Å²) in [6, 6.07) is 11.2. The molecule has 0 fully saturated rings. The van der Waals surface area contributed by atoms with E-state index in [2.05, 4.69) is 27.8 Å². The first-order chi connectivity index (χ1) is 18.1. The summed E-state index contributed by atoms with van der Waals surface area (Å²) in [5.74, 6) is -0.817. The van der Waals surface area contributed by atoms with Crippen LogP contribution in [-0.2, 0) is 14.3 Å². The molecule has 0 amide bonds. The molecule has 0 aromatic heterocycles. The van der Waals surface area contributed by atoms with Crippen LogP contribution in [0.5, 0.6) is 17.2 Å². The molecule has 7 nitrogen and oxygen atoms in total. The predicted octanol–water partition coefficient (Wildman–Crippen LogP) is 5.98. The molecule has 3 unspecified atom stereocenters. The number of esters is 1. The molecular weight excluding hydrogens is 550 g/mol. The zero-order chi connectivity index (χ0) is 27.6. The van der Waals surface area contributed by atoms with E-state index < -0.39 is 17.8 Å². The molecule has 0 radical (unpaired) electrons. The average Bonchev–Trinajstić information content (AvgIpc) is 2.89. The lowest BCUT2D eigenvalue weighted by atomic mass is 9.69. The van der Waals surface area contributed by atoms with Crippen LogP contribution in [0.15, 0.2) is 64.4 Å². The van der Waals surface area contributed by atoms with Crippen molar-refractivity contribution in [3.63, 3.8) is 0 Å². The Morgan fingerprint density at radius 2 is 1.89 bits per heavy atom. The van der Waals surface area contributed by atoms with Crippen LogP contribution >= 0.6 is 15.9 Å². The maximum Gasteiger partial charge on any atom is 0.315 e. The lowest BCUT2D eigenvalue weighted by molar-refractivity contribution is -0.149. The number of carbonyl (C=O) groups is 2. The topological polar surface area (TPSA) is 94.1 Å². The first-order valence-electron chi connectivity index (χ1n) is 12.8. The fourth-order valence-electron chi connectivity index (χ4n) is 5.18. The van der Waals surface area contributed by atoms with Crippen molar-refractivity contribution >= 4 is 27.7 Å². The van der Waals surface area contributed by atoms with Crippen LogP contribution in [0.3, 0.4) is 0 Å². The number of ketones is 1. The fourth-order valence-corrected chi connectivity index (χ4v) is 5.64. The molecule has 2 aromatic carbocycles. The van der Waals surface area contributed by atoms with Crippen molar-refractivity contribution in [2.45, 2.75) is 45.4 Å². The Bertz CT molecular complexity index is 1270. The van der Waals surface area contributed by atoms with Gasteiger partial charge in [-0.3, -0.25) is 9.59 Å². The van der Waals surface area contributed by atoms with E-state index in [0.717, 1.165) is 17.0 Å². The Morgan fingerprint density at radius 3 is 2.53 bits per heavy atom. The summed E-state index contributed by atoms with van der Waals surface area (Å²) in [6.45, 7) is 10.6. The monoisotopic (exact) mass is 583 g/mol. The third-order valence-electron chi connectivity index (χ3n) is 6.95. The zero-order valence-corrected chi connectivity index (χ0v) is 23.8. The number of ether oxygens (including phenoxy) is 3. The third-order valence-corrected chi connectivity index (χ3v) is 7.55. The summed E-state index contributed by atoms with van der Waals surface area (Å²) >= 11 is 3.41. The molecule has 4 rings (SSSR count). The van der Waals surface area contributed by atoms with Gasteiger partial charge in [0.25, 0.3) is 0 Å². The van der Waals surface area contributed by atoms with E-state index in [4.69, 9.17) is 14.2 Å². The standard InChI is InChI=1S/C30H34BrNO6/c1-6-37-25-14-20(11-22(31)29(25)34)27-26(30(35)38-15-16(2)3)17(4)32-23-12-19(13-24(33)28(23)27)18-7-9-21(36-5)10-8-18/h7-11,14,16,19,26-27,32,34H,4,6,12-13,15H2,1-3,5H3. The average molecular weight is 585 g/mol. The maximum absolute atomic E-state index is 13.8. The molecule has 3 atom stereocenters. The van der Waals surface area contributed by atoms with Gasteiger partial charge in [0.1, 0.15) is 11.7 Å². The Hall–Kier alpha value is -3.26. The highest BCUT2D eigenvalue weighted by Gasteiger charge is 2.46. The third kappa shape index (κ3) is 5.60. The molecule has 0 spiro atoms. The molecule has 1 aliphatic heterocycles. The molecule has 38 heavy (non-hydrogen) atoms. The van der Waals surface area contributed by atoms with Crippen LogP contribution in [0.1, 0.15) is 56.6 Å². The summed E-state index contributed by atoms with van der Waals surface area (Å²) in [5, 5.41) is 13.8. The highest BCUT2D eigenvalue weighted by Crippen LogP contribution is 2.49. The van der Waals surface area contributed by atoms with Crippen molar-refractivity contribution in [1.82, 2.24) is 5.32 Å². The fraction of sp³-hybridized carbons (Fsp3) is 0.400. The number of phenolic OH excluding ortho intramolecular Hbond substituents is 1. The van der Waals surface area contributed by atoms with Gasteiger partial charge >= 0.3 is 5.97 Å². The molecule has 1 aliphatic carbocycles. The number of methoxy groups -OCH3 is 1. The van der Waals surface area contributed by atoms with Gasteiger partial charge in [0.15, 0.2) is 17.3 Å². The first kappa shape index (κ1) is 27.8. The lowest BCUT2D eigenvalue weighted by Crippen LogP contribution is -2.42. The number of benzene rings is 2. The number of allylic oxidation sites excluding steroid dienone is 2. The van der Waals surface area contributed by atoms with Gasteiger partial charge < -0.3 is 24.6 Å². The first-order valence-corrected chi connectivity index (χ1v) is 13.6. The normalized spacial score (nSPS) is 21.2. The van der Waals surface area contributed by atoms with Crippen LogP contribution < -0.4 is 14.8 Å².